The second-order valence-electron chi connectivity index (χ2n) is 10.6. The first-order chi connectivity index (χ1) is 16.6. The highest BCUT2D eigenvalue weighted by Crippen LogP contribution is 2.46. The van der Waals surface area contributed by atoms with Crippen LogP contribution in [0.2, 0.25) is 0 Å². The Morgan fingerprint density at radius 2 is 1.47 bits per heavy atom. The Hall–Kier alpha value is -3.42. The van der Waals surface area contributed by atoms with Gasteiger partial charge in [0, 0.05) is 28.5 Å². The number of phenols is 3. The molecule has 0 radical (unpaired) electrons. The number of carbonyl (C=O) groups excluding carboxylic acids is 4. The summed E-state index contributed by atoms with van der Waals surface area (Å²) in [7, 11) is 0. The third kappa shape index (κ3) is 5.22. The van der Waals surface area contributed by atoms with Crippen molar-refractivity contribution in [1.29, 1.82) is 0 Å². The molecule has 1 aromatic carbocycles. The van der Waals surface area contributed by atoms with Crippen molar-refractivity contribution in [3.8, 4) is 17.2 Å². The van der Waals surface area contributed by atoms with Gasteiger partial charge in [0.25, 0.3) is 0 Å². The topological polar surface area (TPSA) is 149 Å². The van der Waals surface area contributed by atoms with E-state index < -0.39 is 69.8 Å². The van der Waals surface area contributed by atoms with Crippen molar-refractivity contribution < 1.29 is 39.6 Å². The van der Waals surface area contributed by atoms with Crippen LogP contribution in [0.25, 0.3) is 0 Å². The highest BCUT2D eigenvalue weighted by atomic mass is 16.3. The number of benzene rings is 1. The second kappa shape index (κ2) is 10.7. The van der Waals surface area contributed by atoms with Crippen molar-refractivity contribution in [2.45, 2.75) is 67.7 Å². The van der Waals surface area contributed by atoms with Crippen molar-refractivity contribution in [1.82, 2.24) is 0 Å². The van der Waals surface area contributed by atoms with Crippen LogP contribution in [0, 0.1) is 23.2 Å². The number of aldehydes is 1. The van der Waals surface area contributed by atoms with Crippen molar-refractivity contribution in [3.63, 3.8) is 0 Å². The van der Waals surface area contributed by atoms with Crippen LogP contribution in [0.15, 0.2) is 23.0 Å². The van der Waals surface area contributed by atoms with Gasteiger partial charge in [0.1, 0.15) is 34.9 Å². The summed E-state index contributed by atoms with van der Waals surface area (Å²) < 4.78 is 0. The lowest BCUT2D eigenvalue weighted by atomic mass is 9.67. The molecule has 36 heavy (non-hydrogen) atoms. The number of ketones is 3. The average Bonchev–Trinajstić information content (AvgIpc) is 2.79. The fraction of sp³-hybridized carbons (Fsp3) is 0.500. The minimum absolute atomic E-state index is 0.0198. The Labute approximate surface area is 211 Å². The molecule has 1 aliphatic rings. The maximum absolute atomic E-state index is 13.4. The predicted molar refractivity (Wildman–Crippen MR) is 134 cm³/mol. The predicted octanol–water partition coefficient (Wildman–Crippen LogP) is 4.06. The quantitative estimate of drug-likeness (QED) is 0.172. The summed E-state index contributed by atoms with van der Waals surface area (Å²) in [6.07, 6.45) is 2.03. The summed E-state index contributed by atoms with van der Waals surface area (Å²) in [6.45, 7) is 11.2. The van der Waals surface area contributed by atoms with Crippen LogP contribution in [-0.4, -0.2) is 44.1 Å². The van der Waals surface area contributed by atoms with Gasteiger partial charge in [0.2, 0.25) is 0 Å². The standard InChI is InChI=1S/C28H36O8/c1-13(2)8-9-16-22(31)17(10-15(5)12-29)24(33)18(23(16)32)11-19-25(34)20(21(30)14(3)4)27(36)28(6,7)26(19)35/h8,12,14-15,19,31-33,36H,9-11H2,1-7H3/t15-,19?/m1/s1. The van der Waals surface area contributed by atoms with Crippen molar-refractivity contribution in [3.05, 3.63) is 39.7 Å². The van der Waals surface area contributed by atoms with Crippen LogP contribution in [0.3, 0.4) is 0 Å². The van der Waals surface area contributed by atoms with Gasteiger partial charge < -0.3 is 25.2 Å². The number of rotatable bonds is 9. The van der Waals surface area contributed by atoms with E-state index in [1.165, 1.54) is 13.8 Å². The molecule has 0 fully saturated rings. The normalized spacial score (nSPS) is 18.4. The van der Waals surface area contributed by atoms with Crippen molar-refractivity contribution in [2.75, 3.05) is 0 Å². The first-order valence-electron chi connectivity index (χ1n) is 12.0. The molecule has 0 saturated heterocycles. The number of Topliss-reactive ketones (excluding diaryl/α,β-unsaturated/α-hetero) is 3. The molecule has 2 atom stereocenters. The monoisotopic (exact) mass is 500 g/mol. The zero-order valence-electron chi connectivity index (χ0n) is 21.9. The number of hydrogen-bond donors (Lipinski definition) is 4. The number of hydrogen-bond acceptors (Lipinski definition) is 8. The number of aliphatic hydroxyl groups excluding tert-OH is 1. The summed E-state index contributed by atoms with van der Waals surface area (Å²) in [5.74, 6) is -6.73. The fourth-order valence-electron chi connectivity index (χ4n) is 4.33. The third-order valence-electron chi connectivity index (χ3n) is 6.69. The lowest BCUT2D eigenvalue weighted by Crippen LogP contribution is -2.46. The Morgan fingerprint density at radius 1 is 0.944 bits per heavy atom. The average molecular weight is 501 g/mol. The molecule has 2 rings (SSSR count). The van der Waals surface area contributed by atoms with Gasteiger partial charge in [-0.3, -0.25) is 14.4 Å². The zero-order chi connectivity index (χ0) is 27.7. The largest absolute Gasteiger partial charge is 0.510 e. The number of allylic oxidation sites excluding steroid dienone is 4. The van der Waals surface area contributed by atoms with Crippen LogP contribution in [0.5, 0.6) is 17.2 Å². The Kier molecular flexibility index (Phi) is 8.55. The molecule has 0 heterocycles. The summed E-state index contributed by atoms with van der Waals surface area (Å²) >= 11 is 0. The minimum atomic E-state index is -1.54. The summed E-state index contributed by atoms with van der Waals surface area (Å²) in [6, 6.07) is 0. The zero-order valence-corrected chi connectivity index (χ0v) is 21.9. The van der Waals surface area contributed by atoms with Crippen LogP contribution in [0.1, 0.15) is 65.2 Å². The molecule has 0 spiro atoms. The summed E-state index contributed by atoms with van der Waals surface area (Å²) in [5, 5.41) is 43.6. The Balaban J connectivity index is 2.75. The maximum atomic E-state index is 13.4. The van der Waals surface area contributed by atoms with E-state index in [-0.39, 0.29) is 35.3 Å². The molecule has 0 aliphatic heterocycles. The highest BCUT2D eigenvalue weighted by Gasteiger charge is 2.50. The number of phenolic OH excluding ortho intramolecular Hbond substituents is 3. The van der Waals surface area contributed by atoms with Crippen molar-refractivity contribution in [2.24, 2.45) is 23.2 Å². The van der Waals surface area contributed by atoms with Gasteiger partial charge in [-0.25, -0.2) is 0 Å². The van der Waals surface area contributed by atoms with Gasteiger partial charge in [-0.15, -0.1) is 0 Å². The number of carbonyl (C=O) groups is 4. The first-order valence-corrected chi connectivity index (χ1v) is 12.0. The molecule has 1 unspecified atom stereocenters. The second-order valence-corrected chi connectivity index (χ2v) is 10.6. The molecular weight excluding hydrogens is 464 g/mol. The van der Waals surface area contributed by atoms with E-state index in [9.17, 15) is 39.6 Å². The van der Waals surface area contributed by atoms with Gasteiger partial charge in [0.15, 0.2) is 17.3 Å². The molecule has 1 aliphatic carbocycles. The van der Waals surface area contributed by atoms with E-state index in [4.69, 9.17) is 0 Å². The highest BCUT2D eigenvalue weighted by molar-refractivity contribution is 6.29. The molecule has 4 N–H and O–H groups in total. The molecule has 0 bridgehead atoms. The smallest absolute Gasteiger partial charge is 0.180 e. The summed E-state index contributed by atoms with van der Waals surface area (Å²) in [5.41, 5.74) is -1.12. The molecule has 0 aromatic heterocycles. The van der Waals surface area contributed by atoms with Crippen LogP contribution < -0.4 is 0 Å². The van der Waals surface area contributed by atoms with Crippen LogP contribution >= 0.6 is 0 Å². The molecular formula is C28H36O8. The van der Waals surface area contributed by atoms with E-state index >= 15 is 0 Å². The first kappa shape index (κ1) is 28.8. The SMILES string of the molecule is CC(C)=CCc1c(O)c(CC2C(=O)C(C(=O)C(C)C)=C(O)C(C)(C)C2=O)c(O)c(C[C@@H](C)C=O)c1O. The van der Waals surface area contributed by atoms with Gasteiger partial charge in [-0.05, 0) is 47.0 Å². The molecule has 8 nitrogen and oxygen atoms in total. The van der Waals surface area contributed by atoms with E-state index in [1.54, 1.807) is 26.8 Å². The molecule has 0 saturated carbocycles. The number of aromatic hydroxyl groups is 3. The summed E-state index contributed by atoms with van der Waals surface area (Å²) in [4.78, 5) is 50.7. The van der Waals surface area contributed by atoms with Gasteiger partial charge in [0.05, 0.1) is 11.3 Å². The lowest BCUT2D eigenvalue weighted by molar-refractivity contribution is -0.139. The van der Waals surface area contributed by atoms with Gasteiger partial charge >= 0.3 is 0 Å². The van der Waals surface area contributed by atoms with E-state index in [0.29, 0.717) is 6.29 Å². The Morgan fingerprint density at radius 3 is 1.97 bits per heavy atom. The Bertz CT molecular complexity index is 1160. The van der Waals surface area contributed by atoms with E-state index in [0.717, 1.165) is 5.57 Å². The van der Waals surface area contributed by atoms with Crippen LogP contribution in [0.4, 0.5) is 0 Å². The van der Waals surface area contributed by atoms with Crippen molar-refractivity contribution >= 4 is 23.6 Å². The third-order valence-corrected chi connectivity index (χ3v) is 6.69. The van der Waals surface area contributed by atoms with Gasteiger partial charge in [-0.1, -0.05) is 32.4 Å². The van der Waals surface area contributed by atoms with E-state index in [1.807, 2.05) is 13.8 Å². The molecule has 196 valence electrons. The van der Waals surface area contributed by atoms with Gasteiger partial charge in [-0.2, -0.15) is 0 Å². The molecule has 1 aromatic rings. The molecule has 0 amide bonds. The maximum Gasteiger partial charge on any atom is 0.180 e. The fourth-order valence-corrected chi connectivity index (χ4v) is 4.33. The minimum Gasteiger partial charge on any atom is -0.510 e. The molecule has 8 heteroatoms. The lowest BCUT2D eigenvalue weighted by Gasteiger charge is -2.34. The number of aliphatic hydroxyl groups is 1. The van der Waals surface area contributed by atoms with Crippen LogP contribution in [-0.2, 0) is 38.4 Å². The van der Waals surface area contributed by atoms with E-state index in [2.05, 4.69) is 0 Å².